The zero-order chi connectivity index (χ0) is 14.8. The van der Waals surface area contributed by atoms with Crippen molar-refractivity contribution in [2.75, 3.05) is 13.1 Å². The van der Waals surface area contributed by atoms with Crippen LogP contribution in [-0.4, -0.2) is 24.0 Å². The number of fused-ring (bicyclic) bond motifs is 1. The first-order chi connectivity index (χ1) is 10.1. The van der Waals surface area contributed by atoms with Gasteiger partial charge >= 0.3 is 0 Å². The highest BCUT2D eigenvalue weighted by Gasteiger charge is 2.33. The fraction of sp³-hybridized carbons (Fsp3) is 0.684. The number of hydrogen-bond donors (Lipinski definition) is 1. The van der Waals surface area contributed by atoms with E-state index in [2.05, 4.69) is 36.9 Å². The Hall–Kier alpha value is -0.860. The van der Waals surface area contributed by atoms with Crippen molar-refractivity contribution >= 4 is 0 Å². The summed E-state index contributed by atoms with van der Waals surface area (Å²) in [6.45, 7) is 6.63. The Morgan fingerprint density at radius 3 is 2.71 bits per heavy atom. The normalized spacial score (nSPS) is 28.1. The molecule has 2 N–H and O–H groups in total. The Morgan fingerprint density at radius 1 is 1.14 bits per heavy atom. The summed E-state index contributed by atoms with van der Waals surface area (Å²) in [7, 11) is 0. The Labute approximate surface area is 129 Å². The number of likely N-dealkylation sites (tertiary alicyclic amines) is 1. The first kappa shape index (κ1) is 15.1. The molecule has 3 atom stereocenters. The SMILES string of the molecule is Cc1ccc(C(N)CN2CCCC3CCCCC32)c(C)c1. The lowest BCUT2D eigenvalue weighted by Gasteiger charge is -2.45. The molecule has 0 radical (unpaired) electrons. The summed E-state index contributed by atoms with van der Waals surface area (Å²) in [5.74, 6) is 0.943. The van der Waals surface area contributed by atoms with E-state index in [0.717, 1.165) is 18.5 Å². The molecular formula is C19H30N2. The van der Waals surface area contributed by atoms with Crippen LogP contribution in [0.4, 0.5) is 0 Å². The molecule has 1 aromatic carbocycles. The van der Waals surface area contributed by atoms with Crippen LogP contribution in [0.5, 0.6) is 0 Å². The molecule has 1 saturated carbocycles. The van der Waals surface area contributed by atoms with Crippen LogP contribution in [0.25, 0.3) is 0 Å². The Bertz CT molecular complexity index is 480. The van der Waals surface area contributed by atoms with Gasteiger partial charge < -0.3 is 5.73 Å². The van der Waals surface area contributed by atoms with Crippen LogP contribution < -0.4 is 5.73 Å². The lowest BCUT2D eigenvalue weighted by atomic mass is 9.78. The molecule has 0 bridgehead atoms. The van der Waals surface area contributed by atoms with Crippen molar-refractivity contribution in [2.45, 2.75) is 64.5 Å². The molecule has 1 aliphatic heterocycles. The Morgan fingerprint density at radius 2 is 1.90 bits per heavy atom. The largest absolute Gasteiger partial charge is 0.323 e. The summed E-state index contributed by atoms with van der Waals surface area (Å²) in [4.78, 5) is 2.71. The molecule has 2 heteroatoms. The molecule has 2 fully saturated rings. The highest BCUT2D eigenvalue weighted by molar-refractivity contribution is 5.32. The molecule has 1 saturated heterocycles. The minimum Gasteiger partial charge on any atom is -0.323 e. The maximum Gasteiger partial charge on any atom is 0.0427 e. The second-order valence-electron chi connectivity index (χ2n) is 7.22. The van der Waals surface area contributed by atoms with Crippen LogP contribution in [0, 0.1) is 19.8 Å². The maximum atomic E-state index is 6.56. The molecule has 2 nitrogen and oxygen atoms in total. The molecule has 1 aromatic rings. The summed E-state index contributed by atoms with van der Waals surface area (Å²) in [6.07, 6.45) is 8.50. The highest BCUT2D eigenvalue weighted by Crippen LogP contribution is 2.36. The summed E-state index contributed by atoms with van der Waals surface area (Å²) in [5, 5.41) is 0. The van der Waals surface area contributed by atoms with Crippen LogP contribution in [0.2, 0.25) is 0 Å². The number of nitrogens with two attached hydrogens (primary N) is 1. The van der Waals surface area contributed by atoms with Crippen molar-refractivity contribution in [3.8, 4) is 0 Å². The van der Waals surface area contributed by atoms with E-state index in [1.165, 1.54) is 61.8 Å². The standard InChI is InChI=1S/C19H30N2/c1-14-9-10-17(15(2)12-14)18(20)13-21-11-5-7-16-6-3-4-8-19(16)21/h9-10,12,16,18-19H,3-8,11,13,20H2,1-2H3. The highest BCUT2D eigenvalue weighted by atomic mass is 15.2. The fourth-order valence-corrected chi connectivity index (χ4v) is 4.55. The molecule has 1 aliphatic carbocycles. The maximum absolute atomic E-state index is 6.56. The molecule has 116 valence electrons. The van der Waals surface area contributed by atoms with E-state index in [1.807, 2.05) is 0 Å². The smallest absolute Gasteiger partial charge is 0.0427 e. The molecule has 21 heavy (non-hydrogen) atoms. The number of rotatable bonds is 3. The predicted octanol–water partition coefficient (Wildman–Crippen LogP) is 3.96. The van der Waals surface area contributed by atoms with Gasteiger partial charge in [-0.1, -0.05) is 36.6 Å². The number of piperidine rings is 1. The predicted molar refractivity (Wildman–Crippen MR) is 89.4 cm³/mol. The van der Waals surface area contributed by atoms with Crippen molar-refractivity contribution < 1.29 is 0 Å². The van der Waals surface area contributed by atoms with E-state index < -0.39 is 0 Å². The van der Waals surface area contributed by atoms with E-state index in [0.29, 0.717) is 0 Å². The molecular weight excluding hydrogens is 256 g/mol. The van der Waals surface area contributed by atoms with Gasteiger partial charge in [-0.25, -0.2) is 0 Å². The molecule has 0 amide bonds. The van der Waals surface area contributed by atoms with Gasteiger partial charge in [0.15, 0.2) is 0 Å². The van der Waals surface area contributed by atoms with Crippen LogP contribution in [0.15, 0.2) is 18.2 Å². The van der Waals surface area contributed by atoms with E-state index in [4.69, 9.17) is 5.73 Å². The van der Waals surface area contributed by atoms with Gasteiger partial charge in [0.25, 0.3) is 0 Å². The van der Waals surface area contributed by atoms with Gasteiger partial charge in [0.05, 0.1) is 0 Å². The second kappa shape index (κ2) is 6.50. The zero-order valence-electron chi connectivity index (χ0n) is 13.6. The average Bonchev–Trinajstić information content (AvgIpc) is 2.47. The van der Waals surface area contributed by atoms with Gasteiger partial charge in [-0.2, -0.15) is 0 Å². The van der Waals surface area contributed by atoms with Crippen molar-refractivity contribution in [1.82, 2.24) is 4.90 Å². The summed E-state index contributed by atoms with van der Waals surface area (Å²) >= 11 is 0. The van der Waals surface area contributed by atoms with Gasteiger partial charge in [-0.3, -0.25) is 4.90 Å². The van der Waals surface area contributed by atoms with Gasteiger partial charge in [-0.05, 0) is 63.1 Å². The van der Waals surface area contributed by atoms with E-state index in [9.17, 15) is 0 Å². The number of benzene rings is 1. The third-order valence-corrected chi connectivity index (χ3v) is 5.61. The lowest BCUT2D eigenvalue weighted by molar-refractivity contribution is 0.0561. The number of hydrogen-bond acceptors (Lipinski definition) is 2. The molecule has 3 rings (SSSR count). The quantitative estimate of drug-likeness (QED) is 0.911. The zero-order valence-corrected chi connectivity index (χ0v) is 13.6. The van der Waals surface area contributed by atoms with Gasteiger partial charge in [-0.15, -0.1) is 0 Å². The summed E-state index contributed by atoms with van der Waals surface area (Å²) in [6, 6.07) is 7.66. The number of aryl methyl sites for hydroxylation is 2. The molecule has 3 unspecified atom stereocenters. The first-order valence-electron chi connectivity index (χ1n) is 8.72. The van der Waals surface area contributed by atoms with Crippen LogP contribution in [-0.2, 0) is 0 Å². The Balaban J connectivity index is 1.69. The summed E-state index contributed by atoms with van der Waals surface area (Å²) in [5.41, 5.74) is 10.6. The first-order valence-corrected chi connectivity index (χ1v) is 8.72. The van der Waals surface area contributed by atoms with Crippen molar-refractivity contribution in [2.24, 2.45) is 11.7 Å². The second-order valence-corrected chi connectivity index (χ2v) is 7.22. The molecule has 0 spiro atoms. The monoisotopic (exact) mass is 286 g/mol. The van der Waals surface area contributed by atoms with Gasteiger partial charge in [0.1, 0.15) is 0 Å². The van der Waals surface area contributed by atoms with Crippen molar-refractivity contribution in [3.05, 3.63) is 34.9 Å². The van der Waals surface area contributed by atoms with Crippen molar-refractivity contribution in [1.29, 1.82) is 0 Å². The Kier molecular flexibility index (Phi) is 4.66. The minimum atomic E-state index is 0.159. The van der Waals surface area contributed by atoms with Crippen LogP contribution in [0.1, 0.15) is 61.3 Å². The number of nitrogens with zero attached hydrogens (tertiary/aromatic N) is 1. The van der Waals surface area contributed by atoms with E-state index in [-0.39, 0.29) is 6.04 Å². The lowest BCUT2D eigenvalue weighted by Crippen LogP contribution is -2.49. The molecule has 1 heterocycles. The average molecular weight is 286 g/mol. The minimum absolute atomic E-state index is 0.159. The van der Waals surface area contributed by atoms with Gasteiger partial charge in [0.2, 0.25) is 0 Å². The van der Waals surface area contributed by atoms with Gasteiger partial charge in [0, 0.05) is 18.6 Å². The van der Waals surface area contributed by atoms with E-state index >= 15 is 0 Å². The fourth-order valence-electron chi connectivity index (χ4n) is 4.55. The van der Waals surface area contributed by atoms with Crippen molar-refractivity contribution in [3.63, 3.8) is 0 Å². The molecule has 2 aliphatic rings. The summed E-state index contributed by atoms with van der Waals surface area (Å²) < 4.78 is 0. The van der Waals surface area contributed by atoms with Crippen LogP contribution >= 0.6 is 0 Å². The van der Waals surface area contributed by atoms with E-state index in [1.54, 1.807) is 0 Å². The third-order valence-electron chi connectivity index (χ3n) is 5.61. The van der Waals surface area contributed by atoms with Crippen LogP contribution in [0.3, 0.4) is 0 Å². The topological polar surface area (TPSA) is 29.3 Å². The molecule has 0 aromatic heterocycles. The third kappa shape index (κ3) is 3.32.